The highest BCUT2D eigenvalue weighted by atomic mass is 32.1. The van der Waals surface area contributed by atoms with Gasteiger partial charge in [-0.1, -0.05) is 6.07 Å². The number of hydrogen-bond donors (Lipinski definition) is 1. The highest BCUT2D eigenvalue weighted by Gasteiger charge is 2.05. The molecular formula is C12H15NO2S. The summed E-state index contributed by atoms with van der Waals surface area (Å²) < 4.78 is 11.1. The van der Waals surface area contributed by atoms with Crippen molar-refractivity contribution >= 4 is 11.3 Å². The van der Waals surface area contributed by atoms with Crippen LogP contribution in [0.1, 0.15) is 22.0 Å². The fourth-order valence-corrected chi connectivity index (χ4v) is 2.15. The fourth-order valence-electron chi connectivity index (χ4n) is 1.51. The first-order chi connectivity index (χ1) is 7.79. The maximum absolute atomic E-state index is 5.57. The van der Waals surface area contributed by atoms with E-state index in [4.69, 9.17) is 14.9 Å². The summed E-state index contributed by atoms with van der Waals surface area (Å²) in [6.07, 6.45) is 0. The highest BCUT2D eigenvalue weighted by Crippen LogP contribution is 2.16. The van der Waals surface area contributed by atoms with Gasteiger partial charge in [-0.25, -0.2) is 0 Å². The molecule has 0 saturated heterocycles. The minimum atomic E-state index is 0.499. The molecule has 0 spiro atoms. The van der Waals surface area contributed by atoms with Crippen LogP contribution in [0, 0.1) is 6.92 Å². The monoisotopic (exact) mass is 237 g/mol. The van der Waals surface area contributed by atoms with Gasteiger partial charge in [-0.2, -0.15) is 0 Å². The minimum absolute atomic E-state index is 0.499. The normalized spacial score (nSPS) is 10.9. The van der Waals surface area contributed by atoms with Crippen molar-refractivity contribution in [1.29, 1.82) is 0 Å². The molecule has 2 rings (SSSR count). The quantitative estimate of drug-likeness (QED) is 0.869. The molecular weight excluding hydrogens is 222 g/mol. The van der Waals surface area contributed by atoms with E-state index in [-0.39, 0.29) is 0 Å². The van der Waals surface area contributed by atoms with Gasteiger partial charge in [0.05, 0.1) is 6.61 Å². The van der Waals surface area contributed by atoms with Crippen molar-refractivity contribution in [3.8, 4) is 0 Å². The van der Waals surface area contributed by atoms with E-state index in [2.05, 4.69) is 6.07 Å². The molecule has 16 heavy (non-hydrogen) atoms. The first kappa shape index (κ1) is 11.4. The summed E-state index contributed by atoms with van der Waals surface area (Å²) in [5.74, 6) is 1.73. The fraction of sp³-hybridized carbons (Fsp3) is 0.333. The molecule has 0 radical (unpaired) electrons. The van der Waals surface area contributed by atoms with Gasteiger partial charge in [0.25, 0.3) is 0 Å². The number of hydrogen-bond acceptors (Lipinski definition) is 4. The lowest BCUT2D eigenvalue weighted by atomic mass is 10.2. The molecule has 0 unspecified atom stereocenters. The lowest BCUT2D eigenvalue weighted by Crippen LogP contribution is -1.95. The van der Waals surface area contributed by atoms with E-state index in [9.17, 15) is 0 Å². The number of thiophene rings is 1. The van der Waals surface area contributed by atoms with Gasteiger partial charge in [-0.15, -0.1) is 11.3 Å². The van der Waals surface area contributed by atoms with Crippen molar-refractivity contribution in [3.63, 3.8) is 0 Å². The van der Waals surface area contributed by atoms with E-state index in [0.717, 1.165) is 17.1 Å². The first-order valence-corrected chi connectivity index (χ1v) is 6.06. The molecule has 86 valence electrons. The molecule has 2 heterocycles. The predicted molar refractivity (Wildman–Crippen MR) is 64.1 cm³/mol. The number of furan rings is 1. The molecule has 0 fully saturated rings. The molecule has 0 aromatic carbocycles. The molecule has 2 aromatic rings. The largest absolute Gasteiger partial charge is 0.464 e. The zero-order valence-electron chi connectivity index (χ0n) is 9.23. The van der Waals surface area contributed by atoms with E-state index in [0.29, 0.717) is 19.8 Å². The van der Waals surface area contributed by atoms with Crippen LogP contribution < -0.4 is 5.73 Å². The third-order valence-electron chi connectivity index (χ3n) is 2.36. The summed E-state index contributed by atoms with van der Waals surface area (Å²) in [6.45, 7) is 3.57. The maximum Gasteiger partial charge on any atom is 0.130 e. The van der Waals surface area contributed by atoms with Gasteiger partial charge in [-0.3, -0.25) is 0 Å². The summed E-state index contributed by atoms with van der Waals surface area (Å²) in [4.78, 5) is 1.22. The third-order valence-corrected chi connectivity index (χ3v) is 3.21. The Morgan fingerprint density at radius 3 is 2.94 bits per heavy atom. The van der Waals surface area contributed by atoms with E-state index < -0.39 is 0 Å². The van der Waals surface area contributed by atoms with Gasteiger partial charge >= 0.3 is 0 Å². The zero-order valence-corrected chi connectivity index (χ0v) is 10.0. The molecule has 0 aliphatic rings. The van der Waals surface area contributed by atoms with E-state index >= 15 is 0 Å². The lowest BCUT2D eigenvalue weighted by molar-refractivity contribution is 0.0942. The van der Waals surface area contributed by atoms with E-state index in [1.165, 1.54) is 4.88 Å². The molecule has 2 aromatic heterocycles. The predicted octanol–water partition coefficient (Wildman–Crippen LogP) is 2.83. The van der Waals surface area contributed by atoms with Crippen LogP contribution in [0.5, 0.6) is 0 Å². The average Bonchev–Trinajstić information content (AvgIpc) is 2.88. The Hall–Kier alpha value is -1.10. The zero-order chi connectivity index (χ0) is 11.4. The first-order valence-electron chi connectivity index (χ1n) is 5.18. The Morgan fingerprint density at radius 2 is 2.31 bits per heavy atom. The molecule has 0 bridgehead atoms. The average molecular weight is 237 g/mol. The summed E-state index contributed by atoms with van der Waals surface area (Å²) in [5.41, 5.74) is 6.62. The van der Waals surface area contributed by atoms with Crippen molar-refractivity contribution in [2.75, 3.05) is 0 Å². The molecule has 0 saturated carbocycles. The smallest absolute Gasteiger partial charge is 0.130 e. The maximum atomic E-state index is 5.57. The third kappa shape index (κ3) is 2.72. The second-order valence-electron chi connectivity index (χ2n) is 3.57. The van der Waals surface area contributed by atoms with Crippen molar-refractivity contribution < 1.29 is 9.15 Å². The minimum Gasteiger partial charge on any atom is -0.464 e. The molecule has 0 atom stereocenters. The number of rotatable bonds is 5. The Balaban J connectivity index is 1.85. The summed E-state index contributed by atoms with van der Waals surface area (Å²) in [7, 11) is 0. The van der Waals surface area contributed by atoms with Crippen molar-refractivity contribution in [2.45, 2.75) is 26.7 Å². The van der Waals surface area contributed by atoms with E-state index in [1.54, 1.807) is 11.3 Å². The summed E-state index contributed by atoms with van der Waals surface area (Å²) in [5, 5.41) is 2.04. The number of nitrogens with two attached hydrogens (primary N) is 1. The van der Waals surface area contributed by atoms with Crippen LogP contribution >= 0.6 is 11.3 Å². The number of ether oxygens (including phenoxy) is 1. The number of aryl methyl sites for hydroxylation is 1. The van der Waals surface area contributed by atoms with Gasteiger partial charge in [0.15, 0.2) is 0 Å². The van der Waals surface area contributed by atoms with Crippen molar-refractivity contribution in [3.05, 3.63) is 45.5 Å². The van der Waals surface area contributed by atoms with Crippen LogP contribution in [0.3, 0.4) is 0 Å². The molecule has 2 N–H and O–H groups in total. The second kappa shape index (κ2) is 5.30. The van der Waals surface area contributed by atoms with Crippen molar-refractivity contribution in [2.24, 2.45) is 5.73 Å². The molecule has 0 aliphatic carbocycles. The molecule has 3 nitrogen and oxygen atoms in total. The van der Waals surface area contributed by atoms with Crippen molar-refractivity contribution in [1.82, 2.24) is 0 Å². The topological polar surface area (TPSA) is 48.4 Å². The van der Waals surface area contributed by atoms with Gasteiger partial charge in [0, 0.05) is 17.0 Å². The van der Waals surface area contributed by atoms with Crippen LogP contribution in [0.2, 0.25) is 0 Å². The standard InChI is InChI=1S/C12H15NO2S/c1-9-10(6-13)5-11(15-9)7-14-8-12-3-2-4-16-12/h2-5H,6-8,13H2,1H3. The second-order valence-corrected chi connectivity index (χ2v) is 4.60. The Bertz CT molecular complexity index is 434. The van der Waals surface area contributed by atoms with Gasteiger partial charge in [-0.05, 0) is 24.4 Å². The van der Waals surface area contributed by atoms with E-state index in [1.807, 2.05) is 24.4 Å². The lowest BCUT2D eigenvalue weighted by Gasteiger charge is -1.98. The SMILES string of the molecule is Cc1oc(COCc2cccs2)cc1CN. The Morgan fingerprint density at radius 1 is 1.44 bits per heavy atom. The summed E-state index contributed by atoms with van der Waals surface area (Å²) in [6, 6.07) is 6.04. The Labute approximate surface area is 98.8 Å². The van der Waals surface area contributed by atoms with Gasteiger partial charge in [0.2, 0.25) is 0 Å². The van der Waals surface area contributed by atoms with Gasteiger partial charge < -0.3 is 14.9 Å². The molecule has 4 heteroatoms. The Kier molecular flexibility index (Phi) is 3.77. The van der Waals surface area contributed by atoms with Crippen LogP contribution in [0.25, 0.3) is 0 Å². The van der Waals surface area contributed by atoms with Crippen LogP contribution in [-0.2, 0) is 24.5 Å². The van der Waals surface area contributed by atoms with Crippen LogP contribution in [-0.4, -0.2) is 0 Å². The molecule has 0 amide bonds. The summed E-state index contributed by atoms with van der Waals surface area (Å²) >= 11 is 1.70. The van der Waals surface area contributed by atoms with Crippen LogP contribution in [0.4, 0.5) is 0 Å². The highest BCUT2D eigenvalue weighted by molar-refractivity contribution is 7.09. The molecule has 0 aliphatic heterocycles. The van der Waals surface area contributed by atoms with Crippen LogP contribution in [0.15, 0.2) is 28.0 Å². The van der Waals surface area contributed by atoms with Gasteiger partial charge in [0.1, 0.15) is 18.1 Å².